The van der Waals surface area contributed by atoms with Gasteiger partial charge in [-0.15, -0.1) is 0 Å². The number of fused-ring (bicyclic) bond motifs is 2. The molecule has 2 aromatic rings. The predicted octanol–water partition coefficient (Wildman–Crippen LogP) is 2.56. The lowest BCUT2D eigenvalue weighted by atomic mass is 9.93. The second-order valence-corrected chi connectivity index (χ2v) is 12.3. The Morgan fingerprint density at radius 2 is 1.72 bits per heavy atom. The van der Waals surface area contributed by atoms with Crippen molar-refractivity contribution >= 4 is 40.3 Å². The lowest BCUT2D eigenvalue weighted by Gasteiger charge is -2.39. The molecule has 1 aromatic heterocycles. The molecule has 0 saturated carbocycles. The molecule has 0 spiro atoms. The summed E-state index contributed by atoms with van der Waals surface area (Å²) in [6.07, 6.45) is 6.90. The normalized spacial score (nSPS) is 23.3. The smallest absolute Gasteiger partial charge is 0.248 e. The van der Waals surface area contributed by atoms with E-state index in [2.05, 4.69) is 16.0 Å². The SMILES string of the molecule is CCC(=O)CCCCC[C@@H]1NC(=O)[C@H]2CCCCN2C(=O)[C@H](C(C)CC)NC(=O)[C@H](c2cn(OC)c3ccccc3c2=O)NC1=O. The number of hydrogen-bond acceptors (Lipinski definition) is 7. The van der Waals surface area contributed by atoms with Crippen LogP contribution >= 0.6 is 0 Å². The van der Waals surface area contributed by atoms with Crippen molar-refractivity contribution in [1.82, 2.24) is 25.6 Å². The molecule has 12 nitrogen and oxygen atoms in total. The number of nitrogens with zero attached hydrogens (tertiary/aromatic N) is 2. The minimum absolute atomic E-state index is 0.0437. The van der Waals surface area contributed by atoms with E-state index in [0.717, 1.165) is 6.42 Å². The van der Waals surface area contributed by atoms with Crippen LogP contribution in [0.1, 0.15) is 96.6 Å². The van der Waals surface area contributed by atoms with Crippen LogP contribution in [0.25, 0.3) is 10.9 Å². The molecular formula is C34H47N5O7. The minimum Gasteiger partial charge on any atom is -0.417 e. The lowest BCUT2D eigenvalue weighted by Crippen LogP contribution is -2.63. The average molecular weight is 638 g/mol. The third kappa shape index (κ3) is 7.76. The summed E-state index contributed by atoms with van der Waals surface area (Å²) in [5.74, 6) is -2.24. The molecule has 4 rings (SSSR count). The molecule has 2 aliphatic heterocycles. The summed E-state index contributed by atoms with van der Waals surface area (Å²) in [5.41, 5.74) is -0.0351. The zero-order valence-corrected chi connectivity index (χ0v) is 27.3. The first-order valence-corrected chi connectivity index (χ1v) is 16.5. The van der Waals surface area contributed by atoms with Crippen LogP contribution in [-0.2, 0) is 24.0 Å². The Labute approximate surface area is 269 Å². The van der Waals surface area contributed by atoms with Crippen LogP contribution in [0.2, 0.25) is 0 Å². The van der Waals surface area contributed by atoms with Crippen molar-refractivity contribution < 1.29 is 28.8 Å². The average Bonchev–Trinajstić information content (AvgIpc) is 3.07. The van der Waals surface area contributed by atoms with E-state index in [4.69, 9.17) is 4.84 Å². The summed E-state index contributed by atoms with van der Waals surface area (Å²) >= 11 is 0. The maximum atomic E-state index is 14.2. The first-order valence-electron chi connectivity index (χ1n) is 16.5. The number of para-hydroxylation sites is 1. The van der Waals surface area contributed by atoms with Gasteiger partial charge in [-0.05, 0) is 50.2 Å². The van der Waals surface area contributed by atoms with Gasteiger partial charge in [0.05, 0.1) is 17.3 Å². The van der Waals surface area contributed by atoms with Gasteiger partial charge in [-0.1, -0.05) is 52.2 Å². The number of pyridine rings is 1. The fourth-order valence-corrected chi connectivity index (χ4v) is 6.28. The summed E-state index contributed by atoms with van der Waals surface area (Å²) in [6.45, 7) is 5.93. The van der Waals surface area contributed by atoms with E-state index < -0.39 is 47.3 Å². The number of Topliss-reactive ketones (excluding diaryl/α,β-unsaturated/α-hetero) is 1. The minimum atomic E-state index is -1.48. The number of aromatic nitrogens is 1. The van der Waals surface area contributed by atoms with Gasteiger partial charge in [0.15, 0.2) is 5.43 Å². The Bertz CT molecular complexity index is 1500. The highest BCUT2D eigenvalue weighted by Crippen LogP contribution is 2.24. The summed E-state index contributed by atoms with van der Waals surface area (Å²) in [4.78, 5) is 88.6. The van der Waals surface area contributed by atoms with Gasteiger partial charge in [0, 0.05) is 24.8 Å². The number of carbonyl (C=O) groups is 5. The Morgan fingerprint density at radius 1 is 0.957 bits per heavy atom. The van der Waals surface area contributed by atoms with Crippen molar-refractivity contribution in [1.29, 1.82) is 0 Å². The Hall–Kier alpha value is -4.22. The second-order valence-electron chi connectivity index (χ2n) is 12.3. The fraction of sp³-hybridized carbons (Fsp3) is 0.588. The summed E-state index contributed by atoms with van der Waals surface area (Å²) in [5, 5.41) is 8.77. The van der Waals surface area contributed by atoms with Gasteiger partial charge in [0.1, 0.15) is 37.1 Å². The van der Waals surface area contributed by atoms with Crippen molar-refractivity contribution in [3.8, 4) is 0 Å². The van der Waals surface area contributed by atoms with Crippen LogP contribution < -0.4 is 26.2 Å². The van der Waals surface area contributed by atoms with E-state index >= 15 is 0 Å². The van der Waals surface area contributed by atoms with Crippen LogP contribution in [0.5, 0.6) is 0 Å². The standard InChI is InChI=1S/C34H47N5O7/c1-5-21(3)28-34(45)38-19-13-12-18-27(38)32(43)35-25(16-9-7-8-14-22(40)6-2)31(42)37-29(33(44)36-28)24-20-39(46-4)26-17-11-10-15-23(26)30(24)41/h10-11,15,17,20-21,25,27-29H,5-9,12-14,16,18-19H2,1-4H3,(H,35,43)(H,36,44)(H,37,42)/t21?,25-,27+,28-,29-/m0/s1. The molecule has 250 valence electrons. The number of amides is 4. The van der Waals surface area contributed by atoms with E-state index in [1.54, 1.807) is 24.3 Å². The molecule has 0 bridgehead atoms. The molecule has 0 radical (unpaired) electrons. The number of carbonyl (C=O) groups excluding carboxylic acids is 5. The fourth-order valence-electron chi connectivity index (χ4n) is 6.28. The molecule has 2 saturated heterocycles. The maximum absolute atomic E-state index is 14.2. The zero-order chi connectivity index (χ0) is 33.4. The third-order valence-corrected chi connectivity index (χ3v) is 9.30. The number of unbranched alkanes of at least 4 members (excludes halogenated alkanes) is 2. The molecule has 1 unspecified atom stereocenters. The van der Waals surface area contributed by atoms with Crippen molar-refractivity contribution in [2.24, 2.45) is 5.92 Å². The van der Waals surface area contributed by atoms with Crippen molar-refractivity contribution in [3.63, 3.8) is 0 Å². The summed E-state index contributed by atoms with van der Waals surface area (Å²) < 4.78 is 1.36. The summed E-state index contributed by atoms with van der Waals surface area (Å²) in [6, 6.07) is 2.50. The first kappa shape index (κ1) is 34.6. The molecule has 4 amide bonds. The van der Waals surface area contributed by atoms with Crippen molar-refractivity contribution in [2.75, 3.05) is 13.7 Å². The number of benzene rings is 1. The predicted molar refractivity (Wildman–Crippen MR) is 173 cm³/mol. The molecule has 3 heterocycles. The van der Waals surface area contributed by atoms with Gasteiger partial charge >= 0.3 is 0 Å². The van der Waals surface area contributed by atoms with Crippen LogP contribution in [0.15, 0.2) is 35.3 Å². The second kappa shape index (κ2) is 15.9. The molecule has 12 heteroatoms. The van der Waals surface area contributed by atoms with Crippen LogP contribution in [0, 0.1) is 5.92 Å². The largest absolute Gasteiger partial charge is 0.417 e. The molecule has 3 N–H and O–H groups in total. The number of rotatable bonds is 11. The molecule has 2 aliphatic rings. The van der Waals surface area contributed by atoms with E-state index in [9.17, 15) is 28.8 Å². The lowest BCUT2D eigenvalue weighted by molar-refractivity contribution is -0.147. The maximum Gasteiger partial charge on any atom is 0.248 e. The molecule has 0 aliphatic carbocycles. The molecule has 5 atom stereocenters. The van der Waals surface area contributed by atoms with Gasteiger partial charge < -0.3 is 25.7 Å². The van der Waals surface area contributed by atoms with E-state index in [0.29, 0.717) is 63.4 Å². The van der Waals surface area contributed by atoms with Gasteiger partial charge in [0.25, 0.3) is 0 Å². The zero-order valence-electron chi connectivity index (χ0n) is 27.3. The van der Waals surface area contributed by atoms with Crippen LogP contribution in [0.4, 0.5) is 0 Å². The molecule has 1 aromatic carbocycles. The van der Waals surface area contributed by atoms with Crippen LogP contribution in [0.3, 0.4) is 0 Å². The topological polar surface area (TPSA) is 156 Å². The van der Waals surface area contributed by atoms with E-state index in [1.807, 2.05) is 20.8 Å². The molecule has 2 fully saturated rings. The summed E-state index contributed by atoms with van der Waals surface area (Å²) in [7, 11) is 1.42. The van der Waals surface area contributed by atoms with Gasteiger partial charge in [-0.2, -0.15) is 4.73 Å². The van der Waals surface area contributed by atoms with E-state index in [1.165, 1.54) is 22.9 Å². The van der Waals surface area contributed by atoms with Gasteiger partial charge in [0.2, 0.25) is 23.6 Å². The first-order chi connectivity index (χ1) is 22.1. The number of piperidine rings is 1. The number of ketones is 1. The van der Waals surface area contributed by atoms with E-state index in [-0.39, 0.29) is 35.0 Å². The van der Waals surface area contributed by atoms with Crippen molar-refractivity contribution in [3.05, 3.63) is 46.2 Å². The highest BCUT2D eigenvalue weighted by molar-refractivity contribution is 5.98. The Morgan fingerprint density at radius 3 is 2.43 bits per heavy atom. The van der Waals surface area contributed by atoms with Gasteiger partial charge in [-0.3, -0.25) is 28.8 Å². The number of nitrogens with one attached hydrogen (secondary N) is 3. The molecule has 46 heavy (non-hydrogen) atoms. The number of hydrogen-bond donors (Lipinski definition) is 3. The highest BCUT2D eigenvalue weighted by Gasteiger charge is 2.41. The monoisotopic (exact) mass is 637 g/mol. The molecular weight excluding hydrogens is 590 g/mol. The van der Waals surface area contributed by atoms with Crippen molar-refractivity contribution in [2.45, 2.75) is 109 Å². The van der Waals surface area contributed by atoms with Crippen LogP contribution in [-0.4, -0.2) is 70.8 Å². The Balaban J connectivity index is 1.76. The van der Waals surface area contributed by atoms with Gasteiger partial charge in [-0.25, -0.2) is 0 Å². The third-order valence-electron chi connectivity index (χ3n) is 9.30. The Kier molecular flexibility index (Phi) is 11.9. The quantitative estimate of drug-likeness (QED) is 0.320. The highest BCUT2D eigenvalue weighted by atomic mass is 16.6.